The Labute approximate surface area is 156 Å². The Balaban J connectivity index is 2.11. The number of carbonyl (C=O) groups excluding carboxylic acids is 1. The van der Waals surface area contributed by atoms with Gasteiger partial charge < -0.3 is 14.5 Å². The molecule has 26 heavy (non-hydrogen) atoms. The van der Waals surface area contributed by atoms with E-state index in [1.807, 2.05) is 0 Å². The van der Waals surface area contributed by atoms with Gasteiger partial charge in [-0.25, -0.2) is 8.42 Å². The summed E-state index contributed by atoms with van der Waals surface area (Å²) in [7, 11) is -2.18. The number of hydrogen-bond acceptors (Lipinski definition) is 5. The van der Waals surface area contributed by atoms with Crippen LogP contribution in [0.15, 0.2) is 23.1 Å². The highest BCUT2D eigenvalue weighted by molar-refractivity contribution is 7.89. The summed E-state index contributed by atoms with van der Waals surface area (Å²) in [5.41, 5.74) is 0.742. The molecule has 0 aliphatic carbocycles. The molecule has 0 aromatic heterocycles. The standard InChI is InChI=1S/C18H29N3O4S/c1-5-19-9-11-20(12-10-19)18(22)14-21(6-2)26(23,24)16-7-8-17(25-4)15(3)13-16/h7-8,13H,5-6,9-12,14H2,1-4H3. The predicted octanol–water partition coefficient (Wildman–Crippen LogP) is 1.18. The molecule has 146 valence electrons. The van der Waals surface area contributed by atoms with E-state index in [4.69, 9.17) is 4.74 Å². The number of ether oxygens (including phenoxy) is 1. The molecule has 1 aromatic rings. The number of rotatable bonds is 7. The van der Waals surface area contributed by atoms with Crippen LogP contribution in [-0.4, -0.2) is 81.4 Å². The van der Waals surface area contributed by atoms with Gasteiger partial charge in [-0.2, -0.15) is 4.31 Å². The number of nitrogens with zero attached hydrogens (tertiary/aromatic N) is 3. The minimum absolute atomic E-state index is 0.129. The van der Waals surface area contributed by atoms with Crippen LogP contribution in [-0.2, 0) is 14.8 Å². The fraction of sp³-hybridized carbons (Fsp3) is 0.611. The average molecular weight is 384 g/mol. The molecule has 2 rings (SSSR count). The maximum Gasteiger partial charge on any atom is 0.243 e. The Hall–Kier alpha value is -1.64. The van der Waals surface area contributed by atoms with Crippen LogP contribution in [0, 0.1) is 6.92 Å². The molecule has 0 saturated carbocycles. The molecule has 0 atom stereocenters. The summed E-state index contributed by atoms with van der Waals surface area (Å²) in [6, 6.07) is 4.75. The average Bonchev–Trinajstić information content (AvgIpc) is 2.65. The second-order valence-electron chi connectivity index (χ2n) is 6.38. The number of hydrogen-bond donors (Lipinski definition) is 0. The molecule has 1 aromatic carbocycles. The van der Waals surface area contributed by atoms with E-state index < -0.39 is 10.0 Å². The highest BCUT2D eigenvalue weighted by Crippen LogP contribution is 2.23. The van der Waals surface area contributed by atoms with Crippen LogP contribution in [0.2, 0.25) is 0 Å². The Kier molecular flexibility index (Phi) is 7.02. The van der Waals surface area contributed by atoms with Crippen LogP contribution < -0.4 is 4.74 Å². The van der Waals surface area contributed by atoms with Crippen molar-refractivity contribution < 1.29 is 17.9 Å². The molecule has 8 heteroatoms. The van der Waals surface area contributed by atoms with E-state index in [-0.39, 0.29) is 23.9 Å². The van der Waals surface area contributed by atoms with Gasteiger partial charge in [-0.15, -0.1) is 0 Å². The predicted molar refractivity (Wildman–Crippen MR) is 101 cm³/mol. The number of likely N-dealkylation sites (N-methyl/N-ethyl adjacent to an activating group) is 2. The van der Waals surface area contributed by atoms with Gasteiger partial charge in [0.15, 0.2) is 0 Å². The van der Waals surface area contributed by atoms with Crippen molar-refractivity contribution in [2.75, 3.05) is 52.9 Å². The maximum absolute atomic E-state index is 12.9. The minimum atomic E-state index is -3.73. The molecular weight excluding hydrogens is 354 g/mol. The van der Waals surface area contributed by atoms with E-state index in [2.05, 4.69) is 11.8 Å². The second-order valence-corrected chi connectivity index (χ2v) is 8.32. The molecule has 0 unspecified atom stereocenters. The highest BCUT2D eigenvalue weighted by atomic mass is 32.2. The third kappa shape index (κ3) is 4.55. The zero-order valence-electron chi connectivity index (χ0n) is 16.1. The Bertz CT molecular complexity index is 728. The van der Waals surface area contributed by atoms with E-state index in [0.29, 0.717) is 18.8 Å². The van der Waals surface area contributed by atoms with Crippen LogP contribution in [0.5, 0.6) is 5.75 Å². The topological polar surface area (TPSA) is 70.2 Å². The number of benzene rings is 1. The fourth-order valence-corrected chi connectivity index (χ4v) is 4.58. The van der Waals surface area contributed by atoms with Crippen molar-refractivity contribution in [3.63, 3.8) is 0 Å². The first-order chi connectivity index (χ1) is 12.3. The van der Waals surface area contributed by atoms with Crippen molar-refractivity contribution in [3.8, 4) is 5.75 Å². The first-order valence-electron chi connectivity index (χ1n) is 8.98. The third-order valence-electron chi connectivity index (χ3n) is 4.84. The summed E-state index contributed by atoms with van der Waals surface area (Å²) in [5.74, 6) is 0.494. The molecule has 1 aliphatic heterocycles. The lowest BCUT2D eigenvalue weighted by Crippen LogP contribution is -2.51. The van der Waals surface area contributed by atoms with Crippen LogP contribution >= 0.6 is 0 Å². The number of aryl methyl sites for hydroxylation is 1. The summed E-state index contributed by atoms with van der Waals surface area (Å²) < 4.78 is 32.3. The van der Waals surface area contributed by atoms with Crippen molar-refractivity contribution >= 4 is 15.9 Å². The molecule has 0 bridgehead atoms. The number of piperazine rings is 1. The van der Waals surface area contributed by atoms with Gasteiger partial charge in [-0.3, -0.25) is 4.79 Å². The summed E-state index contributed by atoms with van der Waals surface area (Å²) >= 11 is 0. The first-order valence-corrected chi connectivity index (χ1v) is 10.4. The molecule has 0 spiro atoms. The second kappa shape index (κ2) is 8.83. The fourth-order valence-electron chi connectivity index (χ4n) is 3.09. The quantitative estimate of drug-likeness (QED) is 0.707. The smallest absolute Gasteiger partial charge is 0.243 e. The van der Waals surface area contributed by atoms with Crippen LogP contribution in [0.3, 0.4) is 0 Å². The largest absolute Gasteiger partial charge is 0.496 e. The molecule has 1 heterocycles. The molecular formula is C18H29N3O4S. The van der Waals surface area contributed by atoms with E-state index in [9.17, 15) is 13.2 Å². The third-order valence-corrected chi connectivity index (χ3v) is 6.76. The van der Waals surface area contributed by atoms with Gasteiger partial charge in [-0.05, 0) is 37.2 Å². The normalized spacial score (nSPS) is 16.1. The summed E-state index contributed by atoms with van der Waals surface area (Å²) in [4.78, 5) is 16.8. The van der Waals surface area contributed by atoms with Gasteiger partial charge in [0.25, 0.3) is 0 Å². The monoisotopic (exact) mass is 383 g/mol. The van der Waals surface area contributed by atoms with Gasteiger partial charge in [-0.1, -0.05) is 13.8 Å². The summed E-state index contributed by atoms with van der Waals surface area (Å²) in [5, 5.41) is 0. The zero-order chi connectivity index (χ0) is 19.3. The number of methoxy groups -OCH3 is 1. The molecule has 7 nitrogen and oxygen atoms in total. The van der Waals surface area contributed by atoms with Gasteiger partial charge in [0.05, 0.1) is 18.6 Å². The SMILES string of the molecule is CCN1CCN(C(=O)CN(CC)S(=O)(=O)c2ccc(OC)c(C)c2)CC1. The molecule has 1 aliphatic rings. The number of sulfonamides is 1. The maximum atomic E-state index is 12.9. The van der Waals surface area contributed by atoms with Gasteiger partial charge in [0.1, 0.15) is 5.75 Å². The number of carbonyl (C=O) groups is 1. The van der Waals surface area contributed by atoms with Crippen molar-refractivity contribution in [1.29, 1.82) is 0 Å². The number of amides is 1. The van der Waals surface area contributed by atoms with Gasteiger partial charge in [0, 0.05) is 32.7 Å². The summed E-state index contributed by atoms with van der Waals surface area (Å²) in [6.07, 6.45) is 0. The summed E-state index contributed by atoms with van der Waals surface area (Å²) in [6.45, 7) is 9.68. The van der Waals surface area contributed by atoms with Crippen molar-refractivity contribution in [2.45, 2.75) is 25.7 Å². The first kappa shape index (κ1) is 20.7. The van der Waals surface area contributed by atoms with E-state index >= 15 is 0 Å². The van der Waals surface area contributed by atoms with Crippen LogP contribution in [0.25, 0.3) is 0 Å². The Morgan fingerprint density at radius 2 is 1.85 bits per heavy atom. The lowest BCUT2D eigenvalue weighted by molar-refractivity contribution is -0.133. The Morgan fingerprint density at radius 1 is 1.19 bits per heavy atom. The van der Waals surface area contributed by atoms with E-state index in [1.165, 1.54) is 10.4 Å². The minimum Gasteiger partial charge on any atom is -0.496 e. The molecule has 1 saturated heterocycles. The van der Waals surface area contributed by atoms with Crippen molar-refractivity contribution in [3.05, 3.63) is 23.8 Å². The van der Waals surface area contributed by atoms with Crippen LogP contribution in [0.4, 0.5) is 0 Å². The van der Waals surface area contributed by atoms with Gasteiger partial charge >= 0.3 is 0 Å². The molecule has 1 amide bonds. The van der Waals surface area contributed by atoms with Gasteiger partial charge in [0.2, 0.25) is 15.9 Å². The lowest BCUT2D eigenvalue weighted by atomic mass is 10.2. The lowest BCUT2D eigenvalue weighted by Gasteiger charge is -2.35. The molecule has 1 fully saturated rings. The van der Waals surface area contributed by atoms with Crippen molar-refractivity contribution in [2.24, 2.45) is 0 Å². The highest BCUT2D eigenvalue weighted by Gasteiger charge is 2.28. The molecule has 0 N–H and O–H groups in total. The Morgan fingerprint density at radius 3 is 2.35 bits per heavy atom. The zero-order valence-corrected chi connectivity index (χ0v) is 16.9. The van der Waals surface area contributed by atoms with E-state index in [1.54, 1.807) is 38.0 Å². The van der Waals surface area contributed by atoms with Crippen molar-refractivity contribution in [1.82, 2.24) is 14.1 Å². The van der Waals surface area contributed by atoms with Crippen LogP contribution in [0.1, 0.15) is 19.4 Å². The molecule has 0 radical (unpaired) electrons. The van der Waals surface area contributed by atoms with E-state index in [0.717, 1.165) is 25.2 Å².